The van der Waals surface area contributed by atoms with Gasteiger partial charge in [-0.3, -0.25) is 19.6 Å². The molecule has 0 aliphatic rings. The summed E-state index contributed by atoms with van der Waals surface area (Å²) in [5.41, 5.74) is 0.557. The fourth-order valence-corrected chi connectivity index (χ4v) is 3.49. The number of ether oxygens (including phenoxy) is 4. The Morgan fingerprint density at radius 2 is 1.06 bits per heavy atom. The van der Waals surface area contributed by atoms with E-state index in [0.29, 0.717) is 22.8 Å². The molecular weight excluding hydrogens is 562 g/mol. The van der Waals surface area contributed by atoms with Crippen molar-refractivity contribution >= 4 is 146 Å². The molecule has 0 aromatic heterocycles. The van der Waals surface area contributed by atoms with Crippen LogP contribution in [0.2, 0.25) is 0 Å². The molecule has 2 aromatic rings. The molecule has 180 valence electrons. The first-order valence-corrected chi connectivity index (χ1v) is 11.7. The van der Waals surface area contributed by atoms with Gasteiger partial charge in [-0.05, 0) is 29.8 Å². The molecule has 0 unspecified atom stereocenters. The molecule has 18 heteroatoms. The van der Waals surface area contributed by atoms with Gasteiger partial charge in [0.25, 0.3) is 0 Å². The Balaban J connectivity index is -0.00000272. The zero-order chi connectivity index (χ0) is 24.1. The van der Waals surface area contributed by atoms with Crippen molar-refractivity contribution < 1.29 is 56.7 Å². The summed E-state index contributed by atoms with van der Waals surface area (Å²) < 4.78 is 52.9. The SMILES string of the molecule is COc1cc(/C=C\c2ccc(OC)c(OP(=O)(O)O)c2OP(=O)(O)O)cc(OC)c1OC.[Na].[Na].[Na].[Na]. The van der Waals surface area contributed by atoms with E-state index in [1.807, 2.05) is 0 Å². The van der Waals surface area contributed by atoms with Gasteiger partial charge in [0, 0.05) is 124 Å². The molecule has 4 N–H and O–H groups in total. The second-order valence-corrected chi connectivity index (χ2v) is 8.30. The normalized spacial score (nSPS) is 10.6. The predicted octanol–water partition coefficient (Wildman–Crippen LogP) is 1.31. The Bertz CT molecular complexity index is 1080. The second kappa shape index (κ2) is 18.6. The smallest absolute Gasteiger partial charge is 0.493 e. The third-order valence-electron chi connectivity index (χ3n) is 3.89. The first kappa shape index (κ1) is 41.8. The van der Waals surface area contributed by atoms with Gasteiger partial charge in [0.15, 0.2) is 23.0 Å². The Morgan fingerprint density at radius 3 is 1.44 bits per heavy atom. The summed E-state index contributed by atoms with van der Waals surface area (Å²) in [4.78, 5) is 37.0. The number of phosphoric ester groups is 2. The predicted molar refractivity (Wildman–Crippen MR) is 136 cm³/mol. The molecule has 0 amide bonds. The maximum Gasteiger partial charge on any atom is 0.525 e. The number of hydrogen-bond acceptors (Lipinski definition) is 8. The van der Waals surface area contributed by atoms with E-state index in [4.69, 9.17) is 18.9 Å². The number of hydrogen-bond donors (Lipinski definition) is 4. The van der Waals surface area contributed by atoms with Crippen LogP contribution < -0.4 is 28.0 Å². The molecule has 12 nitrogen and oxygen atoms in total. The van der Waals surface area contributed by atoms with E-state index in [0.717, 1.165) is 0 Å². The van der Waals surface area contributed by atoms with Crippen molar-refractivity contribution in [3.8, 4) is 34.5 Å². The molecule has 0 heterocycles. The van der Waals surface area contributed by atoms with Crippen LogP contribution in [0.4, 0.5) is 0 Å². The molecule has 36 heavy (non-hydrogen) atoms. The maximum absolute atomic E-state index is 11.5. The van der Waals surface area contributed by atoms with Crippen molar-refractivity contribution in [2.24, 2.45) is 0 Å². The molecule has 0 aliphatic carbocycles. The van der Waals surface area contributed by atoms with Gasteiger partial charge in [-0.1, -0.05) is 12.2 Å². The zero-order valence-corrected chi connectivity index (χ0v) is 31.2. The van der Waals surface area contributed by atoms with E-state index in [1.165, 1.54) is 52.7 Å². The van der Waals surface area contributed by atoms with Crippen LogP contribution in [-0.2, 0) is 9.13 Å². The molecule has 0 bridgehead atoms. The van der Waals surface area contributed by atoms with E-state index in [2.05, 4.69) is 9.05 Å². The minimum Gasteiger partial charge on any atom is -0.493 e. The molecule has 0 spiro atoms. The average Bonchev–Trinajstić information content (AvgIpc) is 2.71. The Labute approximate surface area is 297 Å². The Kier molecular flexibility index (Phi) is 21.6. The van der Waals surface area contributed by atoms with Crippen molar-refractivity contribution in [1.29, 1.82) is 0 Å². The van der Waals surface area contributed by atoms with Crippen molar-refractivity contribution in [1.82, 2.24) is 0 Å². The van der Waals surface area contributed by atoms with E-state index in [9.17, 15) is 28.7 Å². The van der Waals surface area contributed by atoms with E-state index < -0.39 is 27.1 Å². The molecule has 0 fully saturated rings. The van der Waals surface area contributed by atoms with Crippen LogP contribution in [0.25, 0.3) is 12.2 Å². The van der Waals surface area contributed by atoms with Crippen molar-refractivity contribution in [3.05, 3.63) is 35.4 Å². The van der Waals surface area contributed by atoms with Gasteiger partial charge >= 0.3 is 15.6 Å². The van der Waals surface area contributed by atoms with Gasteiger partial charge in [-0.25, -0.2) is 9.13 Å². The van der Waals surface area contributed by atoms with Crippen molar-refractivity contribution in [2.45, 2.75) is 0 Å². The van der Waals surface area contributed by atoms with Gasteiger partial charge in [-0.15, -0.1) is 0 Å². The van der Waals surface area contributed by atoms with Gasteiger partial charge in [0.1, 0.15) is 0 Å². The Hall–Kier alpha value is 1.28. The average molecular weight is 584 g/mol. The number of rotatable bonds is 10. The minimum atomic E-state index is -5.15. The minimum absolute atomic E-state index is 0. The van der Waals surface area contributed by atoms with Gasteiger partial charge in [-0.2, -0.15) is 0 Å². The van der Waals surface area contributed by atoms with Crippen LogP contribution >= 0.6 is 15.6 Å². The fraction of sp³-hybridized carbons (Fsp3) is 0.222. The van der Waals surface area contributed by atoms with Crippen LogP contribution in [-0.4, -0.2) is 166 Å². The zero-order valence-electron chi connectivity index (χ0n) is 21.4. The number of benzene rings is 2. The van der Waals surface area contributed by atoms with Gasteiger partial charge < -0.3 is 28.0 Å². The maximum atomic E-state index is 11.5. The molecule has 2 aromatic carbocycles. The van der Waals surface area contributed by atoms with Gasteiger partial charge in [0.05, 0.1) is 28.4 Å². The van der Waals surface area contributed by atoms with Crippen LogP contribution in [0.3, 0.4) is 0 Å². The first-order valence-electron chi connectivity index (χ1n) is 8.61. The third kappa shape index (κ3) is 12.6. The standard InChI is InChI=1S/C18H22O12P2.4Na/c1-25-13-8-7-12(16(29-31(19,20)21)18(13)30-32(22,23)24)6-5-11-9-14(26-2)17(28-4)15(10-11)27-3;;;;/h5-10H,1-4H3,(H2,19,20,21)(H2,22,23,24);;;;/b6-5-;;;;. The van der Waals surface area contributed by atoms with Crippen LogP contribution in [0.1, 0.15) is 11.1 Å². The Morgan fingerprint density at radius 1 is 0.611 bits per heavy atom. The summed E-state index contributed by atoms with van der Waals surface area (Å²) in [6, 6.07) is 5.85. The van der Waals surface area contributed by atoms with Crippen molar-refractivity contribution in [3.63, 3.8) is 0 Å². The quantitative estimate of drug-likeness (QED) is 0.180. The molecule has 2 rings (SSSR count). The topological polar surface area (TPSA) is 170 Å². The van der Waals surface area contributed by atoms with Crippen LogP contribution in [0.15, 0.2) is 24.3 Å². The summed E-state index contributed by atoms with van der Waals surface area (Å²) in [7, 11) is -4.79. The van der Waals surface area contributed by atoms with E-state index in [1.54, 1.807) is 12.1 Å². The summed E-state index contributed by atoms with van der Waals surface area (Å²) in [6.45, 7) is 0. The van der Waals surface area contributed by atoms with E-state index in [-0.39, 0.29) is 130 Å². The second-order valence-electron chi connectivity index (χ2n) is 5.97. The number of methoxy groups -OCH3 is 4. The summed E-state index contributed by atoms with van der Waals surface area (Å²) >= 11 is 0. The largest absolute Gasteiger partial charge is 0.525 e. The third-order valence-corrected chi connectivity index (χ3v) is 4.73. The fourth-order valence-electron chi connectivity index (χ4n) is 2.65. The van der Waals surface area contributed by atoms with Crippen molar-refractivity contribution in [2.75, 3.05) is 28.4 Å². The molecule has 4 radical (unpaired) electrons. The monoisotopic (exact) mass is 584 g/mol. The summed E-state index contributed by atoms with van der Waals surface area (Å²) in [6.07, 6.45) is 2.89. The molecule has 0 saturated carbocycles. The first-order chi connectivity index (χ1) is 14.9. The summed E-state index contributed by atoms with van der Waals surface area (Å²) in [5.74, 6) is -0.459. The molecule has 0 saturated heterocycles. The van der Waals surface area contributed by atoms with Crippen LogP contribution in [0, 0.1) is 0 Å². The molecular formula is C18H22Na4O12P2. The summed E-state index contributed by atoms with van der Waals surface area (Å²) in [5, 5.41) is 0. The number of phosphoric acid groups is 2. The molecule has 0 aliphatic heterocycles. The molecule has 0 atom stereocenters. The van der Waals surface area contributed by atoms with Gasteiger partial charge in [0.2, 0.25) is 11.5 Å². The van der Waals surface area contributed by atoms with Crippen LogP contribution in [0.5, 0.6) is 34.5 Å². The van der Waals surface area contributed by atoms with E-state index >= 15 is 0 Å².